The molecule has 162 valence electrons. The highest BCUT2D eigenvalue weighted by Gasteiger charge is 2.35. The van der Waals surface area contributed by atoms with Gasteiger partial charge in [0, 0.05) is 16.4 Å². The monoisotopic (exact) mass is 466 g/mol. The molecule has 2 aromatic carbocycles. The molecule has 1 aliphatic rings. The van der Waals surface area contributed by atoms with Crippen LogP contribution in [0.15, 0.2) is 59.5 Å². The van der Waals surface area contributed by atoms with Crippen LogP contribution in [0.5, 0.6) is 0 Å². The third-order valence-electron chi connectivity index (χ3n) is 5.29. The van der Waals surface area contributed by atoms with Gasteiger partial charge < -0.3 is 9.67 Å². The highest BCUT2D eigenvalue weighted by atomic mass is 35.5. The first-order valence-electron chi connectivity index (χ1n) is 9.78. The molecule has 0 radical (unpaired) electrons. The van der Waals surface area contributed by atoms with Crippen LogP contribution >= 0.6 is 23.4 Å². The van der Waals surface area contributed by atoms with Crippen molar-refractivity contribution in [3.63, 3.8) is 0 Å². The average molecular weight is 467 g/mol. The minimum absolute atomic E-state index is 0.104. The minimum Gasteiger partial charge on any atom is -0.478 e. The van der Waals surface area contributed by atoms with Gasteiger partial charge in [-0.15, -0.1) is 0 Å². The maximum absolute atomic E-state index is 12.9. The van der Waals surface area contributed by atoms with E-state index in [1.807, 2.05) is 24.5 Å². The molecule has 2 amide bonds. The quantitative estimate of drug-likeness (QED) is 0.489. The van der Waals surface area contributed by atoms with E-state index in [1.54, 1.807) is 54.6 Å². The Morgan fingerprint density at radius 1 is 1.09 bits per heavy atom. The summed E-state index contributed by atoms with van der Waals surface area (Å²) >= 11 is 7.06. The zero-order valence-corrected chi connectivity index (χ0v) is 18.9. The van der Waals surface area contributed by atoms with Crippen LogP contribution in [0.25, 0.3) is 11.8 Å². The van der Waals surface area contributed by atoms with E-state index in [0.29, 0.717) is 21.2 Å². The summed E-state index contributed by atoms with van der Waals surface area (Å²) in [5, 5.41) is 9.69. The van der Waals surface area contributed by atoms with Gasteiger partial charge in [0.1, 0.15) is 0 Å². The van der Waals surface area contributed by atoms with Gasteiger partial charge in [-0.1, -0.05) is 41.9 Å². The molecule has 4 rings (SSSR count). The molecule has 2 heterocycles. The molecular formula is C24H19ClN2O4S. The smallest absolute Gasteiger partial charge is 0.337 e. The molecule has 0 saturated carbocycles. The molecule has 32 heavy (non-hydrogen) atoms. The lowest BCUT2D eigenvalue weighted by molar-refractivity contribution is -0.123. The summed E-state index contributed by atoms with van der Waals surface area (Å²) in [6, 6.07) is 15.7. The Labute approximate surface area is 194 Å². The summed E-state index contributed by atoms with van der Waals surface area (Å²) in [4.78, 5) is 38.6. The molecule has 0 bridgehead atoms. The number of benzene rings is 2. The number of hydrogen-bond donors (Lipinski definition) is 1. The van der Waals surface area contributed by atoms with Gasteiger partial charge in [0.15, 0.2) is 0 Å². The number of aromatic carboxylic acids is 1. The number of amides is 2. The number of halogens is 1. The van der Waals surface area contributed by atoms with Crippen LogP contribution in [0.1, 0.15) is 32.9 Å². The van der Waals surface area contributed by atoms with E-state index in [9.17, 15) is 19.5 Å². The van der Waals surface area contributed by atoms with E-state index >= 15 is 0 Å². The number of aryl methyl sites for hydroxylation is 1. The standard InChI is InChI=1S/C24H19ClN2O4S/c1-14-11-17(15(2)27(14)20-10-6-4-8-18(20)23(29)30)12-21-22(28)26(24(31)32-21)13-16-7-3-5-9-19(16)25/h3-12H,13H2,1-2H3,(H,29,30)/b21-12-. The van der Waals surface area contributed by atoms with Crippen LogP contribution in [-0.2, 0) is 11.3 Å². The van der Waals surface area contributed by atoms with Gasteiger partial charge in [-0.05, 0) is 67.1 Å². The van der Waals surface area contributed by atoms with Crippen molar-refractivity contribution in [1.82, 2.24) is 9.47 Å². The van der Waals surface area contributed by atoms with E-state index in [0.717, 1.165) is 28.7 Å². The van der Waals surface area contributed by atoms with Crippen molar-refractivity contribution in [2.45, 2.75) is 20.4 Å². The predicted molar refractivity (Wildman–Crippen MR) is 125 cm³/mol. The predicted octanol–water partition coefficient (Wildman–Crippen LogP) is 5.68. The van der Waals surface area contributed by atoms with Crippen molar-refractivity contribution in [1.29, 1.82) is 0 Å². The molecule has 8 heteroatoms. The number of para-hydroxylation sites is 1. The molecule has 3 aromatic rings. The van der Waals surface area contributed by atoms with Gasteiger partial charge in [-0.25, -0.2) is 4.79 Å². The fourth-order valence-electron chi connectivity index (χ4n) is 3.73. The molecule has 6 nitrogen and oxygen atoms in total. The lowest BCUT2D eigenvalue weighted by atomic mass is 10.1. The van der Waals surface area contributed by atoms with Crippen LogP contribution < -0.4 is 0 Å². The molecule has 0 aliphatic carbocycles. The molecule has 1 aromatic heterocycles. The summed E-state index contributed by atoms with van der Waals surface area (Å²) in [5.74, 6) is -1.40. The summed E-state index contributed by atoms with van der Waals surface area (Å²) in [6.45, 7) is 3.82. The van der Waals surface area contributed by atoms with Crippen LogP contribution in [0, 0.1) is 13.8 Å². The van der Waals surface area contributed by atoms with Crippen LogP contribution in [0.3, 0.4) is 0 Å². The number of carbonyl (C=O) groups excluding carboxylic acids is 2. The summed E-state index contributed by atoms with van der Waals surface area (Å²) in [6.07, 6.45) is 1.68. The molecular weight excluding hydrogens is 448 g/mol. The van der Waals surface area contributed by atoms with Gasteiger partial charge in [0.05, 0.1) is 22.7 Å². The number of thioether (sulfide) groups is 1. The van der Waals surface area contributed by atoms with Crippen molar-refractivity contribution in [3.8, 4) is 5.69 Å². The zero-order valence-electron chi connectivity index (χ0n) is 17.3. The van der Waals surface area contributed by atoms with Crippen molar-refractivity contribution in [2.24, 2.45) is 0 Å². The fourth-order valence-corrected chi connectivity index (χ4v) is 4.75. The van der Waals surface area contributed by atoms with Crippen molar-refractivity contribution in [3.05, 3.63) is 92.6 Å². The molecule has 1 saturated heterocycles. The van der Waals surface area contributed by atoms with Crippen molar-refractivity contribution < 1.29 is 19.5 Å². The van der Waals surface area contributed by atoms with Gasteiger partial charge in [0.2, 0.25) is 0 Å². The average Bonchev–Trinajstić information content (AvgIpc) is 3.18. The van der Waals surface area contributed by atoms with E-state index < -0.39 is 5.97 Å². The van der Waals surface area contributed by atoms with E-state index in [-0.39, 0.29) is 23.3 Å². The SMILES string of the molecule is Cc1cc(/C=C2\SC(=O)N(Cc3ccccc3Cl)C2=O)c(C)n1-c1ccccc1C(=O)O. The number of rotatable bonds is 5. The first kappa shape index (κ1) is 21.9. The second-order valence-electron chi connectivity index (χ2n) is 7.34. The Morgan fingerprint density at radius 2 is 1.78 bits per heavy atom. The fraction of sp³-hybridized carbons (Fsp3) is 0.125. The van der Waals surface area contributed by atoms with Crippen molar-refractivity contribution >= 4 is 46.6 Å². The molecule has 0 atom stereocenters. The second kappa shape index (κ2) is 8.68. The maximum Gasteiger partial charge on any atom is 0.337 e. The molecule has 0 spiro atoms. The number of nitrogens with zero attached hydrogens (tertiary/aromatic N) is 2. The molecule has 1 aliphatic heterocycles. The normalized spacial score (nSPS) is 15.1. The van der Waals surface area contributed by atoms with Gasteiger partial charge in [-0.2, -0.15) is 0 Å². The van der Waals surface area contributed by atoms with E-state index in [4.69, 9.17) is 11.6 Å². The molecule has 1 fully saturated rings. The Balaban J connectivity index is 1.68. The third kappa shape index (κ3) is 3.97. The summed E-state index contributed by atoms with van der Waals surface area (Å²) < 4.78 is 1.84. The number of aromatic nitrogens is 1. The third-order valence-corrected chi connectivity index (χ3v) is 6.57. The van der Waals surface area contributed by atoms with Gasteiger partial charge in [0.25, 0.3) is 11.1 Å². The maximum atomic E-state index is 12.9. The van der Waals surface area contributed by atoms with Crippen LogP contribution in [-0.4, -0.2) is 31.7 Å². The van der Waals surface area contributed by atoms with Gasteiger partial charge in [-0.3, -0.25) is 14.5 Å². The zero-order chi connectivity index (χ0) is 23.0. The number of carboxylic acids is 1. The van der Waals surface area contributed by atoms with Gasteiger partial charge >= 0.3 is 5.97 Å². The van der Waals surface area contributed by atoms with Crippen LogP contribution in [0.4, 0.5) is 4.79 Å². The Bertz CT molecular complexity index is 1290. The first-order chi connectivity index (χ1) is 15.3. The van der Waals surface area contributed by atoms with E-state index in [1.165, 1.54) is 4.90 Å². The highest BCUT2D eigenvalue weighted by Crippen LogP contribution is 2.35. The minimum atomic E-state index is -1.02. The number of imide groups is 1. The largest absolute Gasteiger partial charge is 0.478 e. The molecule has 0 unspecified atom stereocenters. The summed E-state index contributed by atoms with van der Waals surface area (Å²) in [7, 11) is 0. The highest BCUT2D eigenvalue weighted by molar-refractivity contribution is 8.18. The topological polar surface area (TPSA) is 79.6 Å². The number of carboxylic acid groups (broad SMARTS) is 1. The number of hydrogen-bond acceptors (Lipinski definition) is 4. The van der Waals surface area contributed by atoms with Crippen molar-refractivity contribution in [2.75, 3.05) is 0 Å². The van der Waals surface area contributed by atoms with Crippen LogP contribution in [0.2, 0.25) is 5.02 Å². The summed E-state index contributed by atoms with van der Waals surface area (Å²) in [5.41, 5.74) is 3.75. The molecule has 1 N–H and O–H groups in total. The Morgan fingerprint density at radius 3 is 2.50 bits per heavy atom. The second-order valence-corrected chi connectivity index (χ2v) is 8.74. The number of carbonyl (C=O) groups is 3. The lowest BCUT2D eigenvalue weighted by Crippen LogP contribution is -2.27. The first-order valence-corrected chi connectivity index (χ1v) is 11.0. The Kier molecular flexibility index (Phi) is 5.95. The Hall–Kier alpha value is -3.29. The van der Waals surface area contributed by atoms with E-state index in [2.05, 4.69) is 0 Å². The lowest BCUT2D eigenvalue weighted by Gasteiger charge is -2.13.